The molecule has 20 heavy (non-hydrogen) atoms. The molecule has 2 N–H and O–H groups in total. The maximum Gasteiger partial charge on any atom is 0.244 e. The fourth-order valence-electron chi connectivity index (χ4n) is 1.87. The maximum atomic E-state index is 6.09. The number of nitrogens with two attached hydrogens (primary N) is 1. The van der Waals surface area contributed by atoms with Gasteiger partial charge in [-0.25, -0.2) is 9.97 Å². The largest absolute Gasteiger partial charge is 0.337 e. The van der Waals surface area contributed by atoms with Gasteiger partial charge in [-0.3, -0.25) is 0 Å². The SMILES string of the molecule is N[C@H](Cc1ccccc1)c1nc(-c2ccncn2)no1. The smallest absolute Gasteiger partial charge is 0.244 e. The second-order valence-corrected chi connectivity index (χ2v) is 4.35. The third-order valence-electron chi connectivity index (χ3n) is 2.87. The molecule has 1 aromatic carbocycles. The van der Waals surface area contributed by atoms with Crippen molar-refractivity contribution in [3.63, 3.8) is 0 Å². The second-order valence-electron chi connectivity index (χ2n) is 4.35. The third-order valence-corrected chi connectivity index (χ3v) is 2.87. The van der Waals surface area contributed by atoms with Crippen LogP contribution < -0.4 is 5.73 Å². The van der Waals surface area contributed by atoms with Crippen molar-refractivity contribution in [1.29, 1.82) is 0 Å². The summed E-state index contributed by atoms with van der Waals surface area (Å²) in [6, 6.07) is 11.3. The van der Waals surface area contributed by atoms with Crippen LogP contribution in [0.4, 0.5) is 0 Å². The van der Waals surface area contributed by atoms with Crippen molar-refractivity contribution in [2.45, 2.75) is 12.5 Å². The fourth-order valence-corrected chi connectivity index (χ4v) is 1.87. The molecule has 0 aliphatic carbocycles. The zero-order chi connectivity index (χ0) is 13.8. The lowest BCUT2D eigenvalue weighted by Gasteiger charge is -2.05. The average Bonchev–Trinajstić information content (AvgIpc) is 2.99. The lowest BCUT2D eigenvalue weighted by Crippen LogP contribution is -2.13. The Morgan fingerprint density at radius 2 is 2.00 bits per heavy atom. The van der Waals surface area contributed by atoms with E-state index >= 15 is 0 Å². The number of rotatable bonds is 4. The van der Waals surface area contributed by atoms with Gasteiger partial charge >= 0.3 is 0 Å². The molecule has 2 heterocycles. The Balaban J connectivity index is 1.77. The van der Waals surface area contributed by atoms with E-state index in [9.17, 15) is 0 Å². The van der Waals surface area contributed by atoms with Crippen LogP contribution in [0.25, 0.3) is 11.5 Å². The predicted molar refractivity (Wildman–Crippen MR) is 72.4 cm³/mol. The minimum absolute atomic E-state index is 0.333. The van der Waals surface area contributed by atoms with E-state index in [0.717, 1.165) is 5.56 Å². The fraction of sp³-hybridized carbons (Fsp3) is 0.143. The summed E-state index contributed by atoms with van der Waals surface area (Å²) in [7, 11) is 0. The monoisotopic (exact) mass is 267 g/mol. The Morgan fingerprint density at radius 1 is 1.15 bits per heavy atom. The zero-order valence-corrected chi connectivity index (χ0v) is 10.7. The van der Waals surface area contributed by atoms with Crippen LogP contribution in [0, 0.1) is 0 Å². The summed E-state index contributed by atoms with van der Waals surface area (Å²) < 4.78 is 5.21. The molecule has 0 unspecified atom stereocenters. The molecule has 2 aromatic heterocycles. The van der Waals surface area contributed by atoms with Crippen molar-refractivity contribution in [1.82, 2.24) is 20.1 Å². The van der Waals surface area contributed by atoms with Crippen LogP contribution in [-0.4, -0.2) is 20.1 Å². The summed E-state index contributed by atoms with van der Waals surface area (Å²) in [4.78, 5) is 12.2. The van der Waals surface area contributed by atoms with Gasteiger partial charge in [0.2, 0.25) is 11.7 Å². The number of benzene rings is 1. The molecule has 0 aliphatic heterocycles. The van der Waals surface area contributed by atoms with Gasteiger partial charge in [-0.2, -0.15) is 4.98 Å². The molecule has 3 aromatic rings. The van der Waals surface area contributed by atoms with E-state index in [1.807, 2.05) is 30.3 Å². The molecule has 0 spiro atoms. The van der Waals surface area contributed by atoms with Gasteiger partial charge in [0.15, 0.2) is 0 Å². The average molecular weight is 267 g/mol. The van der Waals surface area contributed by atoms with Gasteiger partial charge in [-0.1, -0.05) is 35.5 Å². The molecule has 0 bridgehead atoms. The summed E-state index contributed by atoms with van der Waals surface area (Å²) in [6.07, 6.45) is 3.71. The summed E-state index contributed by atoms with van der Waals surface area (Å²) in [5, 5.41) is 3.89. The zero-order valence-electron chi connectivity index (χ0n) is 10.7. The topological polar surface area (TPSA) is 90.7 Å². The quantitative estimate of drug-likeness (QED) is 0.774. The number of hydrogen-bond acceptors (Lipinski definition) is 6. The highest BCUT2D eigenvalue weighted by Gasteiger charge is 2.16. The normalized spacial score (nSPS) is 12.2. The van der Waals surface area contributed by atoms with Gasteiger partial charge < -0.3 is 10.3 Å². The molecule has 0 radical (unpaired) electrons. The van der Waals surface area contributed by atoms with Crippen LogP contribution in [0.3, 0.4) is 0 Å². The molecular weight excluding hydrogens is 254 g/mol. The second kappa shape index (κ2) is 5.58. The number of aromatic nitrogens is 4. The van der Waals surface area contributed by atoms with Crippen LogP contribution in [0.5, 0.6) is 0 Å². The van der Waals surface area contributed by atoms with E-state index in [2.05, 4.69) is 20.1 Å². The van der Waals surface area contributed by atoms with Gasteiger partial charge in [0.05, 0.1) is 6.04 Å². The van der Waals surface area contributed by atoms with Gasteiger partial charge in [0.25, 0.3) is 0 Å². The van der Waals surface area contributed by atoms with Gasteiger partial charge in [-0.05, 0) is 18.1 Å². The van der Waals surface area contributed by atoms with Crippen LogP contribution in [0.15, 0.2) is 53.4 Å². The molecule has 0 fully saturated rings. The lowest BCUT2D eigenvalue weighted by molar-refractivity contribution is 0.354. The summed E-state index contributed by atoms with van der Waals surface area (Å²) in [5.41, 5.74) is 7.83. The lowest BCUT2D eigenvalue weighted by atomic mass is 10.1. The molecule has 100 valence electrons. The molecule has 1 atom stereocenters. The molecular formula is C14H13N5O. The van der Waals surface area contributed by atoms with Crippen molar-refractivity contribution in [2.24, 2.45) is 5.73 Å². The molecule has 6 heteroatoms. The molecule has 6 nitrogen and oxygen atoms in total. The van der Waals surface area contributed by atoms with E-state index in [1.54, 1.807) is 12.3 Å². The molecule has 0 aliphatic rings. The summed E-state index contributed by atoms with van der Waals surface area (Å²) in [5.74, 6) is 0.827. The Kier molecular flexibility index (Phi) is 3.47. The molecule has 0 saturated carbocycles. The third kappa shape index (κ3) is 2.70. The van der Waals surface area contributed by atoms with E-state index in [4.69, 9.17) is 10.3 Å². The van der Waals surface area contributed by atoms with Gasteiger partial charge in [0.1, 0.15) is 12.0 Å². The first kappa shape index (κ1) is 12.4. The predicted octanol–water partition coefficient (Wildman–Crippen LogP) is 1.77. The maximum absolute atomic E-state index is 6.09. The Hall–Kier alpha value is -2.60. The summed E-state index contributed by atoms with van der Waals surface area (Å²) >= 11 is 0. The first-order valence-corrected chi connectivity index (χ1v) is 6.22. The molecule has 3 rings (SSSR count). The molecule has 0 amide bonds. The Morgan fingerprint density at radius 3 is 2.75 bits per heavy atom. The van der Waals surface area contributed by atoms with Crippen LogP contribution in [0.1, 0.15) is 17.5 Å². The van der Waals surface area contributed by atoms with Crippen molar-refractivity contribution >= 4 is 0 Å². The van der Waals surface area contributed by atoms with E-state index < -0.39 is 0 Å². The van der Waals surface area contributed by atoms with Crippen molar-refractivity contribution in [3.05, 3.63) is 60.4 Å². The standard InChI is InChI=1S/C14H13N5O/c15-11(8-10-4-2-1-3-5-10)14-18-13(19-20-14)12-6-7-16-9-17-12/h1-7,9,11H,8,15H2/t11-/m1/s1. The Bertz CT molecular complexity index is 668. The van der Waals surface area contributed by atoms with E-state index in [-0.39, 0.29) is 6.04 Å². The summed E-state index contributed by atoms with van der Waals surface area (Å²) in [6.45, 7) is 0. The first-order valence-electron chi connectivity index (χ1n) is 6.22. The van der Waals surface area contributed by atoms with Crippen LogP contribution >= 0.6 is 0 Å². The highest BCUT2D eigenvalue weighted by molar-refractivity contribution is 5.46. The molecule has 0 saturated heterocycles. The van der Waals surface area contributed by atoms with E-state index in [0.29, 0.717) is 23.8 Å². The highest BCUT2D eigenvalue weighted by Crippen LogP contribution is 2.17. The minimum atomic E-state index is -0.333. The van der Waals surface area contributed by atoms with Crippen LogP contribution in [-0.2, 0) is 6.42 Å². The van der Waals surface area contributed by atoms with Crippen molar-refractivity contribution in [3.8, 4) is 11.5 Å². The number of nitrogens with zero attached hydrogens (tertiary/aromatic N) is 4. The van der Waals surface area contributed by atoms with Gasteiger partial charge in [-0.15, -0.1) is 0 Å². The van der Waals surface area contributed by atoms with Gasteiger partial charge in [0, 0.05) is 6.20 Å². The highest BCUT2D eigenvalue weighted by atomic mass is 16.5. The van der Waals surface area contributed by atoms with Crippen molar-refractivity contribution in [2.75, 3.05) is 0 Å². The van der Waals surface area contributed by atoms with E-state index in [1.165, 1.54) is 6.33 Å². The Labute approximate surface area is 115 Å². The minimum Gasteiger partial charge on any atom is -0.337 e. The van der Waals surface area contributed by atoms with Crippen LogP contribution in [0.2, 0.25) is 0 Å². The number of hydrogen-bond donors (Lipinski definition) is 1. The first-order chi connectivity index (χ1) is 9.83. The van der Waals surface area contributed by atoms with Crippen molar-refractivity contribution < 1.29 is 4.52 Å².